The second-order valence-electron chi connectivity index (χ2n) is 7.67. The molecule has 4 rings (SSSR count). The minimum Gasteiger partial charge on any atom is -0.493 e. The van der Waals surface area contributed by atoms with Gasteiger partial charge in [0.05, 0.1) is 44.6 Å². The molecule has 9 nitrogen and oxygen atoms in total. The van der Waals surface area contributed by atoms with Crippen LogP contribution in [0.3, 0.4) is 0 Å². The van der Waals surface area contributed by atoms with E-state index >= 15 is 0 Å². The van der Waals surface area contributed by atoms with Crippen LogP contribution < -0.4 is 23.7 Å². The van der Waals surface area contributed by atoms with E-state index in [0.717, 1.165) is 0 Å². The third kappa shape index (κ3) is 5.53. The maximum Gasteiger partial charge on any atom is 0.363 e. The number of esters is 2. The van der Waals surface area contributed by atoms with Crippen molar-refractivity contribution in [3.63, 3.8) is 0 Å². The Morgan fingerprint density at radius 2 is 1.53 bits per heavy atom. The minimum atomic E-state index is -0.679. The Kier molecular flexibility index (Phi) is 8.09. The number of methoxy groups -OCH3 is 4. The standard InChI is InChI=1S/C27H21Cl2NO8/c1-33-21-10-14(9-19-27(32)38-25(30-19)17-7-6-16(28)13-18(17)29)5-8-20(21)37-26(31)15-11-22(34-2)24(36-4)23(12-15)35-3/h5-13H,1-4H3/b19-9-. The minimum absolute atomic E-state index is 0.0511. The van der Waals surface area contributed by atoms with Crippen LogP contribution in [0.15, 0.2) is 59.2 Å². The van der Waals surface area contributed by atoms with Gasteiger partial charge in [-0.2, -0.15) is 0 Å². The summed E-state index contributed by atoms with van der Waals surface area (Å²) in [6.45, 7) is 0. The highest BCUT2D eigenvalue weighted by molar-refractivity contribution is 6.37. The highest BCUT2D eigenvalue weighted by atomic mass is 35.5. The molecule has 0 fully saturated rings. The second-order valence-corrected chi connectivity index (χ2v) is 8.52. The molecule has 0 bridgehead atoms. The first kappa shape index (κ1) is 26.8. The second kappa shape index (κ2) is 11.5. The number of hydrogen-bond donors (Lipinski definition) is 0. The summed E-state index contributed by atoms with van der Waals surface area (Å²) in [6.07, 6.45) is 1.51. The van der Waals surface area contributed by atoms with Gasteiger partial charge in [-0.1, -0.05) is 29.3 Å². The summed E-state index contributed by atoms with van der Waals surface area (Å²) in [4.78, 5) is 29.6. The van der Waals surface area contributed by atoms with Crippen molar-refractivity contribution < 1.29 is 38.0 Å². The highest BCUT2D eigenvalue weighted by Gasteiger charge is 2.26. The average molecular weight is 558 g/mol. The summed E-state index contributed by atoms with van der Waals surface area (Å²) < 4.78 is 32.1. The molecule has 3 aromatic carbocycles. The van der Waals surface area contributed by atoms with E-state index in [9.17, 15) is 9.59 Å². The number of halogens is 2. The fourth-order valence-electron chi connectivity index (χ4n) is 3.56. The molecule has 0 saturated carbocycles. The molecular weight excluding hydrogens is 537 g/mol. The van der Waals surface area contributed by atoms with Crippen LogP contribution in [0.25, 0.3) is 6.08 Å². The molecule has 3 aromatic rings. The molecule has 1 aliphatic rings. The molecule has 0 aliphatic carbocycles. The van der Waals surface area contributed by atoms with E-state index in [1.54, 1.807) is 24.3 Å². The molecule has 0 atom stereocenters. The topological polar surface area (TPSA) is 102 Å². The maximum absolute atomic E-state index is 12.9. The molecule has 0 unspecified atom stereocenters. The molecule has 1 heterocycles. The summed E-state index contributed by atoms with van der Waals surface area (Å²) >= 11 is 12.1. The van der Waals surface area contributed by atoms with Gasteiger partial charge in [0.1, 0.15) is 0 Å². The quantitative estimate of drug-likeness (QED) is 0.200. The zero-order valence-electron chi connectivity index (χ0n) is 20.7. The predicted octanol–water partition coefficient (Wildman–Crippen LogP) is 5.59. The van der Waals surface area contributed by atoms with Crippen molar-refractivity contribution in [1.82, 2.24) is 0 Å². The number of carbonyl (C=O) groups excluding carboxylic acids is 2. The first-order valence-corrected chi connectivity index (χ1v) is 11.7. The average Bonchev–Trinajstić information content (AvgIpc) is 3.27. The van der Waals surface area contributed by atoms with Gasteiger partial charge in [-0.15, -0.1) is 0 Å². The lowest BCUT2D eigenvalue weighted by Crippen LogP contribution is -2.10. The molecule has 0 radical (unpaired) electrons. The van der Waals surface area contributed by atoms with Crippen LogP contribution in [-0.4, -0.2) is 46.3 Å². The lowest BCUT2D eigenvalue weighted by atomic mass is 10.1. The van der Waals surface area contributed by atoms with E-state index in [1.807, 2.05) is 0 Å². The zero-order chi connectivity index (χ0) is 27.4. The summed E-state index contributed by atoms with van der Waals surface area (Å²) in [5, 5.41) is 0.739. The highest BCUT2D eigenvalue weighted by Crippen LogP contribution is 2.39. The zero-order valence-corrected chi connectivity index (χ0v) is 22.2. The third-order valence-corrected chi connectivity index (χ3v) is 5.92. The van der Waals surface area contributed by atoms with Gasteiger partial charge in [-0.3, -0.25) is 0 Å². The number of carbonyl (C=O) groups is 2. The molecule has 0 spiro atoms. The number of aliphatic imine (C=N–C) groups is 1. The third-order valence-electron chi connectivity index (χ3n) is 5.38. The van der Waals surface area contributed by atoms with Crippen LogP contribution >= 0.6 is 23.2 Å². The van der Waals surface area contributed by atoms with Crippen LogP contribution in [0.2, 0.25) is 10.0 Å². The lowest BCUT2D eigenvalue weighted by Gasteiger charge is -2.14. The van der Waals surface area contributed by atoms with Gasteiger partial charge in [-0.25, -0.2) is 14.6 Å². The van der Waals surface area contributed by atoms with Crippen LogP contribution in [0.4, 0.5) is 0 Å². The number of rotatable bonds is 8. The van der Waals surface area contributed by atoms with Crippen LogP contribution in [0, 0.1) is 0 Å². The molecule has 0 saturated heterocycles. The van der Waals surface area contributed by atoms with Crippen LogP contribution in [0.5, 0.6) is 28.7 Å². The van der Waals surface area contributed by atoms with Gasteiger partial charge in [0, 0.05) is 5.02 Å². The number of nitrogens with zero attached hydrogens (tertiary/aromatic N) is 1. The molecule has 0 aromatic heterocycles. The van der Waals surface area contributed by atoms with Gasteiger partial charge >= 0.3 is 11.9 Å². The Morgan fingerprint density at radius 1 is 0.842 bits per heavy atom. The molecule has 38 heavy (non-hydrogen) atoms. The summed E-state index contributed by atoms with van der Waals surface area (Å²) in [5.41, 5.74) is 1.20. The number of cyclic esters (lactones) is 1. The summed E-state index contributed by atoms with van der Waals surface area (Å²) in [6, 6.07) is 12.4. The molecule has 1 aliphatic heterocycles. The SMILES string of the molecule is COc1cc(/C=C2\N=C(c3ccc(Cl)cc3Cl)OC2=O)ccc1OC(=O)c1cc(OC)c(OC)c(OC)c1. The Labute approximate surface area is 228 Å². The van der Waals surface area contributed by atoms with E-state index in [1.165, 1.54) is 58.8 Å². The van der Waals surface area contributed by atoms with Crippen LogP contribution in [0.1, 0.15) is 21.5 Å². The largest absolute Gasteiger partial charge is 0.493 e. The van der Waals surface area contributed by atoms with Crippen molar-refractivity contribution in [2.45, 2.75) is 0 Å². The Balaban J connectivity index is 1.59. The van der Waals surface area contributed by atoms with Gasteiger partial charge < -0.3 is 28.4 Å². The molecule has 11 heteroatoms. The summed E-state index contributed by atoms with van der Waals surface area (Å²) in [5.74, 6) is 0.0786. The smallest absolute Gasteiger partial charge is 0.363 e. The fraction of sp³-hybridized carbons (Fsp3) is 0.148. The van der Waals surface area contributed by atoms with Crippen molar-refractivity contribution >= 4 is 47.1 Å². The first-order chi connectivity index (χ1) is 18.3. The number of ether oxygens (including phenoxy) is 6. The maximum atomic E-state index is 12.9. The number of benzene rings is 3. The van der Waals surface area contributed by atoms with E-state index in [2.05, 4.69) is 4.99 Å². The molecular formula is C27H21Cl2NO8. The Hall–Kier alpha value is -4.21. The van der Waals surface area contributed by atoms with Crippen molar-refractivity contribution in [1.29, 1.82) is 0 Å². The monoisotopic (exact) mass is 557 g/mol. The molecule has 0 amide bonds. The van der Waals surface area contributed by atoms with Gasteiger partial charge in [0.15, 0.2) is 28.7 Å². The number of hydrogen-bond acceptors (Lipinski definition) is 9. The van der Waals surface area contributed by atoms with Crippen molar-refractivity contribution in [3.8, 4) is 28.7 Å². The van der Waals surface area contributed by atoms with Gasteiger partial charge in [0.25, 0.3) is 0 Å². The molecule has 196 valence electrons. The van der Waals surface area contributed by atoms with E-state index in [0.29, 0.717) is 38.4 Å². The van der Waals surface area contributed by atoms with E-state index < -0.39 is 11.9 Å². The Morgan fingerprint density at radius 3 is 2.13 bits per heavy atom. The summed E-state index contributed by atoms with van der Waals surface area (Å²) in [7, 11) is 5.77. The van der Waals surface area contributed by atoms with Crippen molar-refractivity contribution in [2.75, 3.05) is 28.4 Å². The van der Waals surface area contributed by atoms with Gasteiger partial charge in [-0.05, 0) is 54.1 Å². The first-order valence-electron chi connectivity index (χ1n) is 11.0. The van der Waals surface area contributed by atoms with Crippen LogP contribution in [-0.2, 0) is 9.53 Å². The van der Waals surface area contributed by atoms with Gasteiger partial charge in [0.2, 0.25) is 11.6 Å². The van der Waals surface area contributed by atoms with Crippen molar-refractivity contribution in [2.24, 2.45) is 4.99 Å². The van der Waals surface area contributed by atoms with E-state index in [-0.39, 0.29) is 28.7 Å². The predicted molar refractivity (Wildman–Crippen MR) is 141 cm³/mol. The lowest BCUT2D eigenvalue weighted by molar-refractivity contribution is -0.129. The molecule has 0 N–H and O–H groups in total. The van der Waals surface area contributed by atoms with E-state index in [4.69, 9.17) is 51.6 Å². The van der Waals surface area contributed by atoms with Crippen molar-refractivity contribution in [3.05, 3.63) is 81.0 Å². The normalized spacial score (nSPS) is 13.6. The Bertz CT molecular complexity index is 1460. The fourth-order valence-corrected chi connectivity index (χ4v) is 4.05.